The molecule has 0 aromatic carbocycles. The molecule has 21 nitrogen and oxygen atoms in total. The molecule has 34 heavy (non-hydrogen) atoms. The van der Waals surface area contributed by atoms with E-state index in [0.29, 0.717) is 0 Å². The third-order valence-electron chi connectivity index (χ3n) is 4.00. The van der Waals surface area contributed by atoms with Gasteiger partial charge >= 0.3 is 23.5 Å². The van der Waals surface area contributed by atoms with E-state index in [1.807, 2.05) is 0 Å². The van der Waals surface area contributed by atoms with E-state index in [1.165, 1.54) is 0 Å². The van der Waals surface area contributed by atoms with Crippen LogP contribution >= 0.6 is 23.5 Å². The number of hydrogen-bond donors (Lipinski definition) is 7. The van der Waals surface area contributed by atoms with E-state index >= 15 is 0 Å². The molecule has 0 amide bonds. The van der Waals surface area contributed by atoms with Crippen molar-refractivity contribution in [1.82, 2.24) is 19.5 Å². The first-order valence-electron chi connectivity index (χ1n) is 8.47. The third-order valence-corrected chi connectivity index (χ3v) is 7.80. The summed E-state index contributed by atoms with van der Waals surface area (Å²) in [5.74, 6) is -0.560. The predicted molar refractivity (Wildman–Crippen MR) is 104 cm³/mol. The Bertz CT molecular complexity index is 1280. The quantitative estimate of drug-likeness (QED) is 0.0882. The van der Waals surface area contributed by atoms with Crippen LogP contribution in [0.25, 0.3) is 21.6 Å². The van der Waals surface area contributed by atoms with E-state index in [-0.39, 0.29) is 22.9 Å². The van der Waals surface area contributed by atoms with Crippen molar-refractivity contribution in [3.63, 3.8) is 0 Å². The second kappa shape index (κ2) is 9.54. The zero-order valence-electron chi connectivity index (χ0n) is 16.2. The molecule has 3 rings (SSSR count). The van der Waals surface area contributed by atoms with Gasteiger partial charge in [-0.25, -0.2) is 28.6 Å². The van der Waals surface area contributed by atoms with E-state index in [4.69, 9.17) is 30.7 Å². The van der Waals surface area contributed by atoms with Crippen LogP contribution in [0.15, 0.2) is 11.4 Å². The molecule has 1 fully saturated rings. The van der Waals surface area contributed by atoms with Crippen LogP contribution < -0.4 is 5.73 Å². The van der Waals surface area contributed by atoms with Gasteiger partial charge in [0.05, 0.1) is 12.9 Å². The number of imidazole rings is 1. The van der Waals surface area contributed by atoms with Crippen molar-refractivity contribution >= 4 is 46.4 Å². The number of nitrogens with zero attached hydrogens (tertiary/aromatic N) is 7. The number of ether oxygens (including phenoxy) is 1. The van der Waals surface area contributed by atoms with Gasteiger partial charge in [-0.3, -0.25) is 9.09 Å². The van der Waals surface area contributed by atoms with Crippen molar-refractivity contribution < 1.29 is 61.4 Å². The highest BCUT2D eigenvalue weighted by Crippen LogP contribution is 2.66. The smallest absolute Gasteiger partial charge is 0.387 e. The first kappa shape index (κ1) is 26.6. The first-order chi connectivity index (χ1) is 15.6. The predicted octanol–water partition coefficient (Wildman–Crippen LogP) is -0.687. The monoisotopic (exact) mass is 548 g/mol. The molecule has 2 aromatic heterocycles. The van der Waals surface area contributed by atoms with E-state index in [0.717, 1.165) is 10.9 Å². The second-order valence-corrected chi connectivity index (χ2v) is 10.8. The molecule has 0 bridgehead atoms. The molecule has 8 N–H and O–H groups in total. The number of aliphatic hydroxyl groups is 2. The Morgan fingerprint density at radius 1 is 1.15 bits per heavy atom. The van der Waals surface area contributed by atoms with Crippen LogP contribution in [-0.2, 0) is 31.6 Å². The highest BCUT2D eigenvalue weighted by atomic mass is 31.3. The first-order valence-corrected chi connectivity index (χ1v) is 13.0. The fourth-order valence-electron chi connectivity index (χ4n) is 2.76. The summed E-state index contributed by atoms with van der Waals surface area (Å²) >= 11 is 0. The van der Waals surface area contributed by atoms with E-state index in [9.17, 15) is 28.8 Å². The lowest BCUT2D eigenvalue weighted by Gasteiger charge is -2.19. The summed E-state index contributed by atoms with van der Waals surface area (Å²) in [6.45, 7) is -1.02. The molecule has 0 saturated carbocycles. The van der Waals surface area contributed by atoms with Crippen LogP contribution in [-0.4, -0.2) is 74.2 Å². The number of phosphoric acid groups is 3. The minimum absolute atomic E-state index is 0.0268. The molecule has 6 atom stereocenters. The van der Waals surface area contributed by atoms with Gasteiger partial charge in [-0.2, -0.15) is 8.62 Å². The number of fused-ring (bicyclic) bond motifs is 1. The molecule has 0 aliphatic carbocycles. The number of hydrogen-bond acceptors (Lipinski definition) is 14. The van der Waals surface area contributed by atoms with E-state index < -0.39 is 54.6 Å². The fourth-order valence-corrected chi connectivity index (χ4v) is 5.79. The van der Waals surface area contributed by atoms with Crippen LogP contribution in [0.4, 0.5) is 11.8 Å². The molecule has 0 spiro atoms. The lowest BCUT2D eigenvalue weighted by molar-refractivity contribution is -0.0503. The maximum atomic E-state index is 11.8. The summed E-state index contributed by atoms with van der Waals surface area (Å²) < 4.78 is 51.9. The van der Waals surface area contributed by atoms with Gasteiger partial charge < -0.3 is 40.3 Å². The summed E-state index contributed by atoms with van der Waals surface area (Å²) in [5.41, 5.74) is 14.2. The highest BCUT2D eigenvalue weighted by molar-refractivity contribution is 7.66. The maximum Gasteiger partial charge on any atom is 0.490 e. The van der Waals surface area contributed by atoms with Crippen LogP contribution in [0.2, 0.25) is 0 Å². The molecule has 188 valence electrons. The summed E-state index contributed by atoms with van der Waals surface area (Å²) in [7, 11) is -16.8. The average molecular weight is 548 g/mol. The van der Waals surface area contributed by atoms with Crippen molar-refractivity contribution in [3.05, 3.63) is 16.8 Å². The summed E-state index contributed by atoms with van der Waals surface area (Å²) in [6.07, 6.45) is -5.33. The van der Waals surface area contributed by atoms with Gasteiger partial charge in [0.1, 0.15) is 23.8 Å². The van der Waals surface area contributed by atoms with Gasteiger partial charge in [0.2, 0.25) is 5.95 Å². The highest BCUT2D eigenvalue weighted by Gasteiger charge is 2.47. The Morgan fingerprint density at radius 3 is 2.44 bits per heavy atom. The van der Waals surface area contributed by atoms with Gasteiger partial charge in [-0.15, -0.1) is 0 Å². The molecular formula is C10H15N8O13P3. The normalized spacial score (nSPS) is 26.6. The van der Waals surface area contributed by atoms with Crippen molar-refractivity contribution in [2.75, 3.05) is 12.3 Å². The number of nitrogen functional groups attached to an aromatic ring is 1. The lowest BCUT2D eigenvalue weighted by atomic mass is 10.1. The Kier molecular flexibility index (Phi) is 7.45. The molecule has 1 aliphatic rings. The molecule has 1 aliphatic heterocycles. The minimum Gasteiger partial charge on any atom is -0.387 e. The fraction of sp³-hybridized carbons (Fsp3) is 0.500. The standard InChI is InChI=1S/C10H15N8O13P3/c11-7-4-8(15-10(14-7)16-17-12)18(2-13-4)9-6(20)5(19)3(29-9)1-28-33(24,25)31-34(26,27)30-32(21,22)23/h2-3,5-6,9,19-20H,1H2,(H,24,25)(H,26,27)(H2,11,14,15)(H2,21,22,23). The third kappa shape index (κ3) is 6.14. The van der Waals surface area contributed by atoms with Crippen LogP contribution in [0, 0.1) is 0 Å². The van der Waals surface area contributed by atoms with Crippen LogP contribution in [0.5, 0.6) is 0 Å². The Hall–Kier alpha value is -2.05. The minimum atomic E-state index is -5.75. The summed E-state index contributed by atoms with van der Waals surface area (Å²) in [6, 6.07) is 0. The van der Waals surface area contributed by atoms with Gasteiger partial charge in [0.15, 0.2) is 17.7 Å². The zero-order chi connectivity index (χ0) is 25.5. The Labute approximate surface area is 186 Å². The number of aliphatic hydroxyl groups excluding tert-OH is 2. The number of phosphoric ester groups is 1. The number of nitrogens with two attached hydrogens (primary N) is 1. The largest absolute Gasteiger partial charge is 0.490 e. The van der Waals surface area contributed by atoms with Crippen molar-refractivity contribution in [2.24, 2.45) is 5.11 Å². The van der Waals surface area contributed by atoms with Crippen LogP contribution in [0.3, 0.4) is 0 Å². The van der Waals surface area contributed by atoms with Gasteiger partial charge in [-0.1, -0.05) is 0 Å². The number of anilines is 1. The Balaban J connectivity index is 1.76. The maximum absolute atomic E-state index is 11.8. The molecule has 2 aromatic rings. The number of aromatic nitrogens is 4. The van der Waals surface area contributed by atoms with Gasteiger partial charge in [-0.05, 0) is 10.6 Å². The molecule has 1 saturated heterocycles. The van der Waals surface area contributed by atoms with Crippen molar-refractivity contribution in [2.45, 2.75) is 24.5 Å². The Morgan fingerprint density at radius 2 is 1.82 bits per heavy atom. The molecule has 3 heterocycles. The van der Waals surface area contributed by atoms with Crippen molar-refractivity contribution in [3.8, 4) is 0 Å². The molecule has 6 unspecified atom stereocenters. The lowest BCUT2D eigenvalue weighted by Crippen LogP contribution is -2.33. The summed E-state index contributed by atoms with van der Waals surface area (Å²) in [5, 5.41) is 23.8. The average Bonchev–Trinajstić information content (AvgIpc) is 3.20. The number of azide groups is 1. The topological polar surface area (TPSA) is 328 Å². The number of rotatable bonds is 9. The van der Waals surface area contributed by atoms with E-state index in [2.05, 4.69) is 38.1 Å². The van der Waals surface area contributed by atoms with Crippen molar-refractivity contribution in [1.29, 1.82) is 0 Å². The summed E-state index contributed by atoms with van der Waals surface area (Å²) in [4.78, 5) is 49.8. The van der Waals surface area contributed by atoms with Gasteiger partial charge in [0.25, 0.3) is 0 Å². The molecular weight excluding hydrogens is 533 g/mol. The molecule has 0 radical (unpaired) electrons. The second-order valence-electron chi connectivity index (χ2n) is 6.36. The van der Waals surface area contributed by atoms with E-state index in [1.54, 1.807) is 0 Å². The SMILES string of the molecule is [N-]=[N+]=Nc1nc(N)c2ncn(C3OC(COP(=O)(O)OP(=O)(O)OP(=O)(O)O)C(O)C3O)c2n1. The zero-order valence-corrected chi connectivity index (χ0v) is 18.9. The van der Waals surface area contributed by atoms with Gasteiger partial charge in [0, 0.05) is 4.91 Å². The molecule has 24 heteroatoms. The van der Waals surface area contributed by atoms with Crippen LogP contribution in [0.1, 0.15) is 6.23 Å².